The number of pyridine rings is 1. The molecule has 1 saturated heterocycles. The highest BCUT2D eigenvalue weighted by Gasteiger charge is 2.34. The van der Waals surface area contributed by atoms with Gasteiger partial charge in [-0.25, -0.2) is 9.78 Å². The van der Waals surface area contributed by atoms with E-state index in [4.69, 9.17) is 9.47 Å². The van der Waals surface area contributed by atoms with Gasteiger partial charge in [0.2, 0.25) is 0 Å². The van der Waals surface area contributed by atoms with E-state index in [9.17, 15) is 9.59 Å². The molecule has 38 heavy (non-hydrogen) atoms. The fraction of sp³-hybridized carbons (Fsp3) is 0.250. The van der Waals surface area contributed by atoms with Gasteiger partial charge in [-0.1, -0.05) is 18.2 Å². The Hall–Kier alpha value is -3.99. The Balaban J connectivity index is 1.32. The van der Waals surface area contributed by atoms with Gasteiger partial charge in [0.25, 0.3) is 5.91 Å². The molecule has 1 atom stereocenters. The van der Waals surface area contributed by atoms with Gasteiger partial charge in [0.15, 0.2) is 0 Å². The van der Waals surface area contributed by atoms with Crippen LogP contribution in [0.1, 0.15) is 15.2 Å². The number of urea groups is 1. The largest absolute Gasteiger partial charge is 0.457 e. The van der Waals surface area contributed by atoms with Crippen molar-refractivity contribution in [3.05, 3.63) is 71.2 Å². The number of nitrogens with zero attached hydrogens (tertiary/aromatic N) is 3. The number of aromatic nitrogens is 1. The van der Waals surface area contributed by atoms with Crippen molar-refractivity contribution >= 4 is 50.6 Å². The summed E-state index contributed by atoms with van der Waals surface area (Å²) in [5.41, 5.74) is 2.77. The van der Waals surface area contributed by atoms with E-state index in [0.717, 1.165) is 28.9 Å². The normalized spacial score (nSPS) is 17.7. The van der Waals surface area contributed by atoms with E-state index < -0.39 is 0 Å². The topological polar surface area (TPSA) is 96.0 Å². The Morgan fingerprint density at radius 2 is 2.00 bits per heavy atom. The molecule has 2 aromatic heterocycles. The van der Waals surface area contributed by atoms with E-state index in [2.05, 4.69) is 20.5 Å². The minimum Gasteiger partial charge on any atom is -0.457 e. The number of nitrogens with one attached hydrogen (secondary N) is 2. The van der Waals surface area contributed by atoms with E-state index in [1.54, 1.807) is 17.2 Å². The second-order valence-electron chi connectivity index (χ2n) is 9.45. The van der Waals surface area contributed by atoms with Gasteiger partial charge in [0.05, 0.1) is 41.7 Å². The zero-order valence-corrected chi connectivity index (χ0v) is 21.9. The summed E-state index contributed by atoms with van der Waals surface area (Å²) in [5, 5.41) is 6.79. The van der Waals surface area contributed by atoms with Crippen LogP contribution in [0.4, 0.5) is 21.9 Å². The van der Waals surface area contributed by atoms with Gasteiger partial charge in [-0.2, -0.15) is 0 Å². The summed E-state index contributed by atoms with van der Waals surface area (Å²) >= 11 is 1.27. The van der Waals surface area contributed by atoms with Gasteiger partial charge in [-0.15, -0.1) is 11.3 Å². The number of anilines is 3. The van der Waals surface area contributed by atoms with Gasteiger partial charge < -0.3 is 25.0 Å². The number of benzene rings is 2. The number of thiophene rings is 1. The van der Waals surface area contributed by atoms with Crippen molar-refractivity contribution in [2.75, 3.05) is 43.6 Å². The number of hydrogen-bond donors (Lipinski definition) is 2. The summed E-state index contributed by atoms with van der Waals surface area (Å²) in [4.78, 5) is 36.2. The number of likely N-dealkylation sites (N-methyl/N-ethyl adjacent to an activating group) is 1. The molecule has 6 rings (SSSR count). The van der Waals surface area contributed by atoms with E-state index in [1.807, 2.05) is 62.5 Å². The average molecular weight is 530 g/mol. The van der Waals surface area contributed by atoms with Crippen molar-refractivity contribution in [2.24, 2.45) is 0 Å². The van der Waals surface area contributed by atoms with Crippen LogP contribution in [0, 0.1) is 6.92 Å². The van der Waals surface area contributed by atoms with Crippen LogP contribution >= 0.6 is 11.3 Å². The molecule has 9 nitrogen and oxygen atoms in total. The first-order valence-corrected chi connectivity index (χ1v) is 13.2. The standard InChI is InChI=1S/C28H27N5O4S/c1-17-14-20(37-19-6-4-3-5-7-19)8-9-21(17)33-22-10-11-29-27-23(22)24(31-28(33)35)25(38-27)26(34)30-18-15-32(2)12-13-36-16-18/h3-11,14,18H,12-13,15-16H2,1-2H3,(H,30,34)(H,31,35). The molecular weight excluding hydrogens is 502 g/mol. The quantitative estimate of drug-likeness (QED) is 0.372. The Labute approximate surface area is 224 Å². The molecule has 2 aliphatic heterocycles. The summed E-state index contributed by atoms with van der Waals surface area (Å²) in [6, 6.07) is 16.5. The minimum atomic E-state index is -0.338. The first-order valence-electron chi connectivity index (χ1n) is 12.4. The number of rotatable bonds is 5. The molecule has 4 heterocycles. The molecule has 194 valence electrons. The monoisotopic (exact) mass is 529 g/mol. The van der Waals surface area contributed by atoms with Crippen LogP contribution in [-0.4, -0.2) is 61.2 Å². The summed E-state index contributed by atoms with van der Waals surface area (Å²) in [7, 11) is 2.00. The van der Waals surface area contributed by atoms with E-state index in [1.165, 1.54) is 11.3 Å². The number of ether oxygens (including phenoxy) is 2. The molecule has 10 heteroatoms. The molecule has 2 aliphatic rings. The lowest BCUT2D eigenvalue weighted by atomic mass is 10.1. The van der Waals surface area contributed by atoms with Crippen molar-refractivity contribution in [2.45, 2.75) is 13.0 Å². The van der Waals surface area contributed by atoms with Crippen molar-refractivity contribution in [3.63, 3.8) is 0 Å². The molecule has 3 amide bonds. The Kier molecular flexibility index (Phi) is 6.44. The molecule has 0 saturated carbocycles. The van der Waals surface area contributed by atoms with Gasteiger partial charge in [-0.05, 0) is 55.9 Å². The molecule has 4 aromatic rings. The van der Waals surface area contributed by atoms with Crippen LogP contribution in [0.2, 0.25) is 0 Å². The van der Waals surface area contributed by atoms with Crippen LogP contribution in [0.5, 0.6) is 11.5 Å². The van der Waals surface area contributed by atoms with Crippen LogP contribution < -0.4 is 20.3 Å². The summed E-state index contributed by atoms with van der Waals surface area (Å²) < 4.78 is 11.6. The van der Waals surface area contributed by atoms with Crippen LogP contribution in [0.15, 0.2) is 60.8 Å². The lowest BCUT2D eigenvalue weighted by Gasteiger charge is -2.29. The highest BCUT2D eigenvalue weighted by atomic mass is 32.1. The third kappa shape index (κ3) is 4.58. The highest BCUT2D eigenvalue weighted by Crippen LogP contribution is 2.46. The molecule has 0 radical (unpaired) electrons. The summed E-state index contributed by atoms with van der Waals surface area (Å²) in [6.45, 7) is 4.53. The lowest BCUT2D eigenvalue weighted by molar-refractivity contribution is 0.0888. The van der Waals surface area contributed by atoms with Gasteiger partial charge in [0, 0.05) is 19.3 Å². The number of carbonyl (C=O) groups excluding carboxylic acids is 2. The van der Waals surface area contributed by atoms with E-state index in [0.29, 0.717) is 46.6 Å². The number of hydrogen-bond acceptors (Lipinski definition) is 7. The fourth-order valence-electron chi connectivity index (χ4n) is 4.85. The maximum Gasteiger partial charge on any atom is 0.331 e. The Morgan fingerprint density at radius 3 is 2.82 bits per heavy atom. The lowest BCUT2D eigenvalue weighted by Crippen LogP contribution is -2.44. The van der Waals surface area contributed by atoms with Gasteiger partial charge in [-0.3, -0.25) is 9.69 Å². The van der Waals surface area contributed by atoms with Crippen molar-refractivity contribution in [1.82, 2.24) is 15.2 Å². The Morgan fingerprint density at radius 1 is 1.16 bits per heavy atom. The molecule has 1 fully saturated rings. The predicted molar refractivity (Wildman–Crippen MR) is 148 cm³/mol. The van der Waals surface area contributed by atoms with E-state index in [-0.39, 0.29) is 18.0 Å². The molecule has 1 unspecified atom stereocenters. The zero-order chi connectivity index (χ0) is 26.2. The highest BCUT2D eigenvalue weighted by molar-refractivity contribution is 7.21. The molecule has 0 spiro atoms. The average Bonchev–Trinajstić information content (AvgIpc) is 3.15. The smallest absolute Gasteiger partial charge is 0.331 e. The SMILES string of the molecule is Cc1cc(Oc2ccccc2)ccc1N1C(=O)Nc2c(C(=O)NC3COCCN(C)C3)sc3nccc1c23. The number of amides is 3. The molecule has 2 aromatic carbocycles. The molecule has 2 N–H and O–H groups in total. The number of aryl methyl sites for hydroxylation is 1. The Bertz CT molecular complexity index is 1520. The molecule has 0 aliphatic carbocycles. The van der Waals surface area contributed by atoms with Crippen LogP contribution in [0.3, 0.4) is 0 Å². The molecule has 0 bridgehead atoms. The maximum atomic E-state index is 13.5. The zero-order valence-electron chi connectivity index (χ0n) is 21.1. The van der Waals surface area contributed by atoms with Crippen molar-refractivity contribution in [3.8, 4) is 11.5 Å². The second-order valence-corrected chi connectivity index (χ2v) is 10.5. The third-order valence-electron chi connectivity index (χ3n) is 6.64. The maximum absolute atomic E-state index is 13.5. The predicted octanol–water partition coefficient (Wildman–Crippen LogP) is 5.14. The molecular formula is C28H27N5O4S. The van der Waals surface area contributed by atoms with Crippen LogP contribution in [0.25, 0.3) is 10.2 Å². The number of carbonyl (C=O) groups is 2. The van der Waals surface area contributed by atoms with E-state index >= 15 is 0 Å². The minimum absolute atomic E-state index is 0.144. The first-order chi connectivity index (χ1) is 18.5. The van der Waals surface area contributed by atoms with Crippen molar-refractivity contribution in [1.29, 1.82) is 0 Å². The van der Waals surface area contributed by atoms with Gasteiger partial charge >= 0.3 is 6.03 Å². The van der Waals surface area contributed by atoms with Gasteiger partial charge in [0.1, 0.15) is 21.2 Å². The fourth-order valence-corrected chi connectivity index (χ4v) is 5.88. The number of para-hydroxylation sites is 1. The first kappa shape index (κ1) is 24.4. The van der Waals surface area contributed by atoms with Crippen LogP contribution in [-0.2, 0) is 4.74 Å². The second kappa shape index (κ2) is 10.1. The van der Waals surface area contributed by atoms with Crippen molar-refractivity contribution < 1.29 is 19.1 Å². The summed E-state index contributed by atoms with van der Waals surface area (Å²) in [5.74, 6) is 1.17. The summed E-state index contributed by atoms with van der Waals surface area (Å²) in [6.07, 6.45) is 1.67. The third-order valence-corrected chi connectivity index (χ3v) is 7.74.